The molecule has 2 aromatic carbocycles. The minimum absolute atomic E-state index is 0.371. The van der Waals surface area contributed by atoms with Crippen molar-refractivity contribution in [1.82, 2.24) is 4.98 Å². The Balaban J connectivity index is 1.33. The van der Waals surface area contributed by atoms with Gasteiger partial charge in [0.15, 0.2) is 4.34 Å². The highest BCUT2D eigenvalue weighted by atomic mass is 32.2. The summed E-state index contributed by atoms with van der Waals surface area (Å²) in [5.74, 6) is 0.743. The number of rotatable bonds is 6. The summed E-state index contributed by atoms with van der Waals surface area (Å²) in [5.41, 5.74) is 1.44. The van der Waals surface area contributed by atoms with Gasteiger partial charge in [-0.3, -0.25) is 0 Å². The third-order valence-corrected chi connectivity index (χ3v) is 8.70. The number of aromatic nitrogens is 1. The van der Waals surface area contributed by atoms with Crippen molar-refractivity contribution in [1.29, 1.82) is 5.26 Å². The van der Waals surface area contributed by atoms with Crippen LogP contribution in [0.25, 0.3) is 22.1 Å². The molecular weight excluding hydrogens is 452 g/mol. The Morgan fingerprint density at radius 3 is 2.64 bits per heavy atom. The minimum Gasteiger partial charge on any atom is -0.423 e. The molecule has 4 aromatic rings. The molecule has 0 spiro atoms. The molecule has 0 atom stereocenters. The molecule has 0 amide bonds. The Kier molecular flexibility index (Phi) is 4.91. The van der Waals surface area contributed by atoms with Crippen LogP contribution in [0.4, 0.5) is 0 Å². The molecule has 2 aliphatic carbocycles. The standard InChI is InChI=1S/C26H20N2O3S2/c27-13-15-2-1-3-16(10-15)21-12-24(29)31-22-11-19(8-9-20(21)22)32-25-28-14-23(33-25)26(30,17-4-5-17)18-6-7-18/h1-3,8-12,14,17-18,30H,4-7H2. The Bertz CT molecular complexity index is 1460. The molecule has 6 rings (SSSR count). The lowest BCUT2D eigenvalue weighted by Gasteiger charge is -2.26. The molecule has 0 saturated heterocycles. The average molecular weight is 473 g/mol. The van der Waals surface area contributed by atoms with Crippen LogP contribution >= 0.6 is 23.1 Å². The van der Waals surface area contributed by atoms with Crippen molar-refractivity contribution in [2.75, 3.05) is 0 Å². The summed E-state index contributed by atoms with van der Waals surface area (Å²) < 4.78 is 6.37. The molecule has 33 heavy (non-hydrogen) atoms. The molecule has 7 heteroatoms. The molecule has 0 bridgehead atoms. The van der Waals surface area contributed by atoms with Crippen LogP contribution in [0.3, 0.4) is 0 Å². The molecule has 5 nitrogen and oxygen atoms in total. The summed E-state index contributed by atoms with van der Waals surface area (Å²) in [7, 11) is 0. The van der Waals surface area contributed by atoms with Crippen LogP contribution in [0.5, 0.6) is 0 Å². The van der Waals surface area contributed by atoms with E-state index >= 15 is 0 Å². The lowest BCUT2D eigenvalue weighted by Crippen LogP contribution is -2.29. The van der Waals surface area contributed by atoms with Gasteiger partial charge in [0.2, 0.25) is 0 Å². The average Bonchev–Trinajstić information content (AvgIpc) is 3.75. The maximum atomic E-state index is 12.3. The van der Waals surface area contributed by atoms with E-state index in [0.29, 0.717) is 23.0 Å². The second kappa shape index (κ2) is 7.84. The van der Waals surface area contributed by atoms with E-state index in [2.05, 4.69) is 11.1 Å². The number of hydrogen-bond donors (Lipinski definition) is 1. The van der Waals surface area contributed by atoms with Gasteiger partial charge < -0.3 is 9.52 Å². The molecule has 0 unspecified atom stereocenters. The van der Waals surface area contributed by atoms with E-state index in [4.69, 9.17) is 4.42 Å². The SMILES string of the molecule is N#Cc1cccc(-c2cc(=O)oc3cc(Sc4ncc(C(O)(C5CC5)C5CC5)s4)ccc23)c1. The first-order valence-electron chi connectivity index (χ1n) is 11.0. The second-order valence-electron chi connectivity index (χ2n) is 8.80. The topological polar surface area (TPSA) is 87.1 Å². The van der Waals surface area contributed by atoms with Crippen molar-refractivity contribution < 1.29 is 9.52 Å². The van der Waals surface area contributed by atoms with E-state index in [9.17, 15) is 15.2 Å². The minimum atomic E-state index is -0.709. The first-order chi connectivity index (χ1) is 16.0. The summed E-state index contributed by atoms with van der Waals surface area (Å²) in [6, 6.07) is 16.6. The van der Waals surface area contributed by atoms with Crippen molar-refractivity contribution in [2.24, 2.45) is 11.8 Å². The molecule has 1 N–H and O–H groups in total. The maximum Gasteiger partial charge on any atom is 0.336 e. The highest BCUT2D eigenvalue weighted by molar-refractivity contribution is 8.01. The molecule has 0 radical (unpaired) electrons. The fourth-order valence-electron chi connectivity index (χ4n) is 4.58. The van der Waals surface area contributed by atoms with Crippen LogP contribution in [0.15, 0.2) is 73.2 Å². The summed E-state index contributed by atoms with van der Waals surface area (Å²) in [6.07, 6.45) is 6.21. The van der Waals surface area contributed by atoms with E-state index < -0.39 is 11.2 Å². The number of hydrogen-bond acceptors (Lipinski definition) is 7. The van der Waals surface area contributed by atoms with Gasteiger partial charge in [0.25, 0.3) is 0 Å². The predicted molar refractivity (Wildman–Crippen MR) is 128 cm³/mol. The van der Waals surface area contributed by atoms with Gasteiger partial charge >= 0.3 is 5.63 Å². The van der Waals surface area contributed by atoms with Crippen LogP contribution in [0, 0.1) is 23.2 Å². The maximum absolute atomic E-state index is 12.3. The van der Waals surface area contributed by atoms with Gasteiger partial charge in [-0.1, -0.05) is 23.9 Å². The van der Waals surface area contributed by atoms with Gasteiger partial charge in [-0.15, -0.1) is 11.3 Å². The zero-order valence-corrected chi connectivity index (χ0v) is 19.3. The highest BCUT2D eigenvalue weighted by Gasteiger charge is 2.55. The van der Waals surface area contributed by atoms with Crippen LogP contribution in [-0.2, 0) is 5.60 Å². The van der Waals surface area contributed by atoms with Crippen molar-refractivity contribution in [3.8, 4) is 17.2 Å². The van der Waals surface area contributed by atoms with Gasteiger partial charge in [0, 0.05) is 22.5 Å². The summed E-state index contributed by atoms with van der Waals surface area (Å²) >= 11 is 3.07. The normalized spacial score (nSPS) is 16.1. The van der Waals surface area contributed by atoms with Crippen molar-refractivity contribution in [2.45, 2.75) is 40.5 Å². The fraction of sp³-hybridized carbons (Fsp3) is 0.269. The Morgan fingerprint density at radius 1 is 1.12 bits per heavy atom. The number of nitrogens with zero attached hydrogens (tertiary/aromatic N) is 2. The van der Waals surface area contributed by atoms with Crippen LogP contribution in [0.2, 0.25) is 0 Å². The number of benzene rings is 2. The molecule has 2 fully saturated rings. The quantitative estimate of drug-likeness (QED) is 0.349. The lowest BCUT2D eigenvalue weighted by atomic mass is 9.90. The monoisotopic (exact) mass is 472 g/mol. The zero-order valence-electron chi connectivity index (χ0n) is 17.7. The molecule has 0 aliphatic heterocycles. The number of nitriles is 1. The van der Waals surface area contributed by atoms with Crippen molar-refractivity contribution >= 4 is 34.1 Å². The largest absolute Gasteiger partial charge is 0.423 e. The van der Waals surface area contributed by atoms with Crippen LogP contribution in [0.1, 0.15) is 36.1 Å². The molecule has 2 aliphatic rings. The summed E-state index contributed by atoms with van der Waals surface area (Å²) in [6.45, 7) is 0. The smallest absolute Gasteiger partial charge is 0.336 e. The van der Waals surface area contributed by atoms with Gasteiger partial charge in [-0.25, -0.2) is 9.78 Å². The van der Waals surface area contributed by atoms with E-state index in [0.717, 1.165) is 56.3 Å². The van der Waals surface area contributed by atoms with Gasteiger partial charge in [-0.05, 0) is 79.0 Å². The molecule has 164 valence electrons. The first kappa shape index (κ1) is 20.7. The first-order valence-corrected chi connectivity index (χ1v) is 12.6. The molecule has 2 aromatic heterocycles. The molecule has 2 saturated carbocycles. The lowest BCUT2D eigenvalue weighted by molar-refractivity contribution is -0.00681. The predicted octanol–water partition coefficient (Wildman–Crippen LogP) is 5.95. The second-order valence-corrected chi connectivity index (χ2v) is 11.1. The highest BCUT2D eigenvalue weighted by Crippen LogP contribution is 2.58. The molecular formula is C26H20N2O3S2. The Morgan fingerprint density at radius 2 is 1.91 bits per heavy atom. The van der Waals surface area contributed by atoms with Gasteiger partial charge in [-0.2, -0.15) is 5.26 Å². The third-order valence-electron chi connectivity index (χ3n) is 6.50. The zero-order chi connectivity index (χ0) is 22.6. The van der Waals surface area contributed by atoms with Gasteiger partial charge in [0.1, 0.15) is 11.2 Å². The Hall–Kier alpha value is -2.92. The van der Waals surface area contributed by atoms with Gasteiger partial charge in [0.05, 0.1) is 16.5 Å². The van der Waals surface area contributed by atoms with Crippen molar-refractivity contribution in [3.63, 3.8) is 0 Å². The number of aliphatic hydroxyl groups is 1. The number of thiazole rings is 1. The van der Waals surface area contributed by atoms with Crippen molar-refractivity contribution in [3.05, 3.63) is 75.6 Å². The van der Waals surface area contributed by atoms with E-state index in [1.807, 2.05) is 36.5 Å². The van der Waals surface area contributed by atoms with E-state index in [-0.39, 0.29) is 0 Å². The summed E-state index contributed by atoms with van der Waals surface area (Å²) in [4.78, 5) is 18.7. The summed E-state index contributed by atoms with van der Waals surface area (Å²) in [5, 5.41) is 21.4. The third kappa shape index (κ3) is 3.78. The van der Waals surface area contributed by atoms with E-state index in [1.54, 1.807) is 23.5 Å². The van der Waals surface area contributed by atoms with Crippen LogP contribution in [-0.4, -0.2) is 10.1 Å². The fourth-order valence-corrected chi connectivity index (χ4v) is 6.81. The number of fused-ring (bicyclic) bond motifs is 1. The Labute approximate surface area is 198 Å². The molecule has 2 heterocycles. The van der Waals surface area contributed by atoms with Crippen LogP contribution < -0.4 is 5.63 Å². The van der Waals surface area contributed by atoms with E-state index in [1.165, 1.54) is 17.8 Å².